The molecule has 3 N–H and O–H groups in total. The number of anilines is 2. The van der Waals surface area contributed by atoms with Crippen LogP contribution >= 0.6 is 23.1 Å². The van der Waals surface area contributed by atoms with Crippen LogP contribution in [0.25, 0.3) is 17.3 Å². The number of benzene rings is 5. The third-order valence-corrected chi connectivity index (χ3v) is 9.87. The number of ether oxygens (including phenoxy) is 1. The van der Waals surface area contributed by atoms with Gasteiger partial charge in [-0.1, -0.05) is 78.9 Å². The van der Waals surface area contributed by atoms with Crippen LogP contribution in [-0.2, 0) is 9.59 Å². The normalized spacial score (nSPS) is 11.6. The zero-order valence-corrected chi connectivity index (χ0v) is 30.4. The van der Waals surface area contributed by atoms with Crippen molar-refractivity contribution in [3.63, 3.8) is 0 Å². The lowest BCUT2D eigenvalue weighted by molar-refractivity contribution is -0.384. The number of para-hydroxylation sites is 1. The topological polar surface area (TPSA) is 153 Å². The summed E-state index contributed by atoms with van der Waals surface area (Å²) in [5.74, 6) is -0.725. The second-order valence-corrected chi connectivity index (χ2v) is 13.6. The van der Waals surface area contributed by atoms with Gasteiger partial charge in [0.1, 0.15) is 16.7 Å². The number of hydrogen-bond acceptors (Lipinski definition) is 9. The molecule has 1 atom stereocenters. The molecule has 0 radical (unpaired) electrons. The van der Waals surface area contributed by atoms with Gasteiger partial charge in [-0.05, 0) is 61.0 Å². The van der Waals surface area contributed by atoms with E-state index in [0.717, 1.165) is 10.5 Å². The first-order chi connectivity index (χ1) is 26.3. The van der Waals surface area contributed by atoms with Crippen LogP contribution in [0.3, 0.4) is 0 Å². The number of aromatic nitrogens is 1. The van der Waals surface area contributed by atoms with Gasteiger partial charge in [-0.15, -0.1) is 23.1 Å². The molecular formula is C41H33N5O6S2. The minimum atomic E-state index is -0.662. The molecule has 13 heteroatoms. The second kappa shape index (κ2) is 17.8. The summed E-state index contributed by atoms with van der Waals surface area (Å²) in [6.45, 7) is 2.29. The maximum atomic E-state index is 13.7. The van der Waals surface area contributed by atoms with Gasteiger partial charge >= 0.3 is 0 Å². The molecule has 0 aliphatic heterocycles. The van der Waals surface area contributed by atoms with E-state index in [0.29, 0.717) is 45.6 Å². The van der Waals surface area contributed by atoms with Gasteiger partial charge in [0, 0.05) is 44.8 Å². The Bertz CT molecular complexity index is 2300. The SMILES string of the molecule is CCOc1ccccc1/C=C(\NC(=O)c1ccccc1)C(=O)Nc1ccc(SC(C(=O)Nc2nc(-c3cccc([N+](=O)[O-])c3)cs2)c2ccccc2)cc1. The van der Waals surface area contributed by atoms with E-state index in [-0.39, 0.29) is 17.3 Å². The Hall–Kier alpha value is -6.57. The fraction of sp³-hybridized carbons (Fsp3) is 0.0732. The second-order valence-electron chi connectivity index (χ2n) is 11.6. The van der Waals surface area contributed by atoms with Gasteiger partial charge in [-0.2, -0.15) is 0 Å². The van der Waals surface area contributed by atoms with Gasteiger partial charge in [-0.3, -0.25) is 24.5 Å². The Morgan fingerprint density at radius 2 is 1.57 bits per heavy atom. The monoisotopic (exact) mass is 755 g/mol. The first-order valence-electron chi connectivity index (χ1n) is 16.7. The number of nitro groups is 1. The van der Waals surface area contributed by atoms with Gasteiger partial charge in [0.25, 0.3) is 17.5 Å². The number of carbonyl (C=O) groups is 3. The van der Waals surface area contributed by atoms with Crippen molar-refractivity contribution in [2.24, 2.45) is 0 Å². The summed E-state index contributed by atoms with van der Waals surface area (Å²) in [5.41, 5.74) is 3.30. The molecule has 0 bridgehead atoms. The smallest absolute Gasteiger partial charge is 0.272 e. The molecule has 0 spiro atoms. The van der Waals surface area contributed by atoms with Crippen LogP contribution in [0.2, 0.25) is 0 Å². The van der Waals surface area contributed by atoms with Gasteiger partial charge in [0.15, 0.2) is 5.13 Å². The van der Waals surface area contributed by atoms with Crippen molar-refractivity contribution in [1.82, 2.24) is 10.3 Å². The van der Waals surface area contributed by atoms with Crippen molar-refractivity contribution >= 4 is 63.4 Å². The molecule has 3 amide bonds. The summed E-state index contributed by atoms with van der Waals surface area (Å²) in [7, 11) is 0. The molecule has 0 aliphatic carbocycles. The van der Waals surface area contributed by atoms with Crippen molar-refractivity contribution in [2.75, 3.05) is 17.2 Å². The molecule has 6 aromatic rings. The zero-order valence-electron chi connectivity index (χ0n) is 28.8. The highest BCUT2D eigenvalue weighted by Gasteiger charge is 2.24. The predicted molar refractivity (Wildman–Crippen MR) is 212 cm³/mol. The maximum absolute atomic E-state index is 13.7. The van der Waals surface area contributed by atoms with Gasteiger partial charge < -0.3 is 20.7 Å². The Balaban J connectivity index is 1.18. The third-order valence-electron chi connectivity index (χ3n) is 7.84. The largest absolute Gasteiger partial charge is 0.493 e. The number of thioether (sulfide) groups is 1. The summed E-state index contributed by atoms with van der Waals surface area (Å²) >= 11 is 2.54. The third kappa shape index (κ3) is 9.64. The van der Waals surface area contributed by atoms with Gasteiger partial charge in [-0.25, -0.2) is 4.98 Å². The lowest BCUT2D eigenvalue weighted by atomic mass is 10.1. The number of nitrogens with zero attached hydrogens (tertiary/aromatic N) is 2. The molecule has 0 saturated heterocycles. The number of nitro benzene ring substituents is 1. The summed E-state index contributed by atoms with van der Waals surface area (Å²) < 4.78 is 5.74. The molecule has 1 unspecified atom stereocenters. The number of amides is 3. The highest BCUT2D eigenvalue weighted by Crippen LogP contribution is 2.37. The van der Waals surface area contributed by atoms with E-state index in [4.69, 9.17) is 4.74 Å². The summed E-state index contributed by atoms with van der Waals surface area (Å²) in [5, 5.41) is 21.2. The van der Waals surface area contributed by atoms with E-state index in [1.807, 2.05) is 49.4 Å². The Morgan fingerprint density at radius 3 is 2.30 bits per heavy atom. The van der Waals surface area contributed by atoms with E-state index < -0.39 is 22.0 Å². The Labute approximate surface area is 319 Å². The van der Waals surface area contributed by atoms with Gasteiger partial charge in [0.2, 0.25) is 5.91 Å². The standard InChI is InChI=1S/C41H33N5O6S2/c1-2-52-36-19-10-9-16-30(36)25-34(43-38(47)28-14-7-4-8-15-28)39(48)42-31-20-22-33(23-21-31)54-37(27-12-5-3-6-13-27)40(49)45-41-44-35(26-53-41)29-17-11-18-32(24-29)46(50)51/h3-26,37H,2H2,1H3,(H,42,48)(H,43,47)(H,44,45,49)/b34-25-. The molecule has 1 heterocycles. The molecule has 6 rings (SSSR count). The number of carbonyl (C=O) groups excluding carboxylic acids is 3. The van der Waals surface area contributed by atoms with Crippen LogP contribution in [0.4, 0.5) is 16.5 Å². The molecule has 5 aromatic carbocycles. The molecule has 54 heavy (non-hydrogen) atoms. The van der Waals surface area contributed by atoms with Crippen LogP contribution in [0.15, 0.2) is 149 Å². The first kappa shape index (κ1) is 37.2. The summed E-state index contributed by atoms with van der Waals surface area (Å²) in [4.78, 5) is 56.6. The van der Waals surface area contributed by atoms with Crippen molar-refractivity contribution in [1.29, 1.82) is 0 Å². The number of thiazole rings is 1. The van der Waals surface area contributed by atoms with Crippen molar-refractivity contribution in [3.8, 4) is 17.0 Å². The molecule has 270 valence electrons. The Morgan fingerprint density at radius 1 is 0.870 bits per heavy atom. The van der Waals surface area contributed by atoms with Crippen molar-refractivity contribution < 1.29 is 24.0 Å². The summed E-state index contributed by atoms with van der Waals surface area (Å²) in [6.07, 6.45) is 1.57. The maximum Gasteiger partial charge on any atom is 0.272 e. The molecule has 11 nitrogen and oxygen atoms in total. The average molecular weight is 756 g/mol. The van der Waals surface area contributed by atoms with Crippen LogP contribution in [0.1, 0.15) is 33.7 Å². The van der Waals surface area contributed by atoms with Crippen molar-refractivity contribution in [3.05, 3.63) is 171 Å². The lowest BCUT2D eigenvalue weighted by Crippen LogP contribution is -2.30. The Kier molecular flexibility index (Phi) is 12.2. The number of hydrogen-bond donors (Lipinski definition) is 3. The minimum Gasteiger partial charge on any atom is -0.493 e. The van der Waals surface area contributed by atoms with Crippen LogP contribution in [-0.4, -0.2) is 34.2 Å². The molecule has 0 aliphatic rings. The highest BCUT2D eigenvalue weighted by atomic mass is 32.2. The van der Waals surface area contributed by atoms with Gasteiger partial charge in [0.05, 0.1) is 17.2 Å². The number of nitrogens with one attached hydrogen (secondary N) is 3. The van der Waals surface area contributed by atoms with Crippen LogP contribution in [0.5, 0.6) is 5.75 Å². The quantitative estimate of drug-likeness (QED) is 0.0431. The molecule has 0 fully saturated rings. The molecular weight excluding hydrogens is 723 g/mol. The highest BCUT2D eigenvalue weighted by molar-refractivity contribution is 8.00. The summed E-state index contributed by atoms with van der Waals surface area (Å²) in [6, 6.07) is 38.3. The first-order valence-corrected chi connectivity index (χ1v) is 18.5. The average Bonchev–Trinajstić information content (AvgIpc) is 3.67. The minimum absolute atomic E-state index is 0.0195. The molecule has 0 saturated carbocycles. The number of rotatable bonds is 14. The van der Waals surface area contributed by atoms with E-state index in [1.165, 1.54) is 35.2 Å². The van der Waals surface area contributed by atoms with Crippen LogP contribution in [0, 0.1) is 10.1 Å². The molecule has 1 aromatic heterocycles. The van der Waals surface area contributed by atoms with E-state index in [2.05, 4.69) is 20.9 Å². The predicted octanol–water partition coefficient (Wildman–Crippen LogP) is 9.00. The van der Waals surface area contributed by atoms with Crippen LogP contribution < -0.4 is 20.7 Å². The van der Waals surface area contributed by atoms with Crippen molar-refractivity contribution in [2.45, 2.75) is 17.1 Å². The fourth-order valence-corrected chi connectivity index (χ4v) is 7.00. The number of non-ortho nitro benzene ring substituents is 1. The van der Waals surface area contributed by atoms with E-state index in [9.17, 15) is 24.5 Å². The van der Waals surface area contributed by atoms with E-state index in [1.54, 1.807) is 90.3 Å². The lowest BCUT2D eigenvalue weighted by Gasteiger charge is -2.17. The van der Waals surface area contributed by atoms with E-state index >= 15 is 0 Å². The fourth-order valence-electron chi connectivity index (χ4n) is 5.25. The zero-order chi connectivity index (χ0) is 37.9.